The van der Waals surface area contributed by atoms with Gasteiger partial charge in [0.1, 0.15) is 11.5 Å². The summed E-state index contributed by atoms with van der Waals surface area (Å²) in [6.07, 6.45) is 0. The molecule has 2 aromatic carbocycles. The molecule has 0 radical (unpaired) electrons. The van der Waals surface area contributed by atoms with Crippen molar-refractivity contribution in [3.63, 3.8) is 0 Å². The van der Waals surface area contributed by atoms with Crippen LogP contribution in [0.1, 0.15) is 5.56 Å². The molecule has 0 bridgehead atoms. The molecule has 7 nitrogen and oxygen atoms in total. The number of hydrogen-bond donors (Lipinski definition) is 3. The molecule has 0 heterocycles. The zero-order chi connectivity index (χ0) is 21.4. The first-order valence-electron chi connectivity index (χ1n) is 8.10. The molecule has 0 unspecified atom stereocenters. The average Bonchev–Trinajstić information content (AvgIpc) is 2.65. The van der Waals surface area contributed by atoms with Crippen LogP contribution in [-0.2, 0) is 9.59 Å². The maximum atomic E-state index is 11.9. The van der Waals surface area contributed by atoms with Crippen molar-refractivity contribution in [2.24, 2.45) is 0 Å². The van der Waals surface area contributed by atoms with E-state index in [1.165, 1.54) is 0 Å². The monoisotopic (exact) mass is 607 g/mol. The number of thiocarbonyl (C=S) groups is 1. The smallest absolute Gasteiger partial charge is 0.276 e. The highest BCUT2D eigenvalue weighted by atomic mass is 79.9. The minimum atomic E-state index is -0.474. The summed E-state index contributed by atoms with van der Waals surface area (Å²) in [7, 11) is 0. The summed E-state index contributed by atoms with van der Waals surface area (Å²) in [5.74, 6) is 0.165. The van der Waals surface area contributed by atoms with Gasteiger partial charge in [-0.05, 0) is 77.0 Å². The summed E-state index contributed by atoms with van der Waals surface area (Å²) in [5, 5.41) is 2.34. The van der Waals surface area contributed by atoms with Crippen LogP contribution in [0.5, 0.6) is 11.5 Å². The first-order chi connectivity index (χ1) is 13.7. The first kappa shape index (κ1) is 23.6. The van der Waals surface area contributed by atoms with Crippen LogP contribution in [-0.4, -0.2) is 30.1 Å². The molecule has 0 saturated heterocycles. The van der Waals surface area contributed by atoms with Gasteiger partial charge in [-0.25, -0.2) is 0 Å². The molecule has 0 aromatic heterocycles. The van der Waals surface area contributed by atoms with Gasteiger partial charge in [-0.3, -0.25) is 25.8 Å². The predicted octanol–water partition coefficient (Wildman–Crippen LogP) is 3.76. The van der Waals surface area contributed by atoms with Crippen LogP contribution in [0.4, 0.5) is 0 Å². The van der Waals surface area contributed by atoms with Crippen LogP contribution in [0.25, 0.3) is 0 Å². The number of nitrogens with one attached hydrogen (secondary N) is 3. The number of benzene rings is 2. The van der Waals surface area contributed by atoms with E-state index >= 15 is 0 Å². The molecule has 2 amide bonds. The highest BCUT2D eigenvalue weighted by Gasteiger charge is 2.09. The van der Waals surface area contributed by atoms with E-state index in [9.17, 15) is 9.59 Å². The van der Waals surface area contributed by atoms with E-state index in [4.69, 9.17) is 21.7 Å². The van der Waals surface area contributed by atoms with Crippen LogP contribution >= 0.6 is 60.0 Å². The maximum Gasteiger partial charge on any atom is 0.276 e. The maximum absolute atomic E-state index is 11.9. The lowest BCUT2D eigenvalue weighted by atomic mass is 10.2. The number of rotatable bonds is 6. The Bertz CT molecular complexity index is 927. The Morgan fingerprint density at radius 3 is 2.14 bits per heavy atom. The molecule has 0 saturated carbocycles. The normalized spacial score (nSPS) is 10.1. The number of amides is 2. The Hall–Kier alpha value is -1.69. The van der Waals surface area contributed by atoms with Gasteiger partial charge in [0.15, 0.2) is 18.3 Å². The van der Waals surface area contributed by atoms with E-state index < -0.39 is 11.8 Å². The van der Waals surface area contributed by atoms with Crippen molar-refractivity contribution in [3.8, 4) is 11.5 Å². The van der Waals surface area contributed by atoms with Gasteiger partial charge in [0, 0.05) is 8.95 Å². The topological polar surface area (TPSA) is 88.7 Å². The van der Waals surface area contributed by atoms with E-state index in [1.54, 1.807) is 24.3 Å². The molecule has 154 valence electrons. The van der Waals surface area contributed by atoms with Gasteiger partial charge in [0.2, 0.25) is 0 Å². The number of hydrazine groups is 1. The van der Waals surface area contributed by atoms with Gasteiger partial charge in [-0.1, -0.05) is 31.9 Å². The zero-order valence-corrected chi connectivity index (χ0v) is 20.6. The summed E-state index contributed by atoms with van der Waals surface area (Å²) in [5.41, 5.74) is 5.65. The van der Waals surface area contributed by atoms with Crippen molar-refractivity contribution in [2.75, 3.05) is 13.2 Å². The van der Waals surface area contributed by atoms with E-state index in [0.29, 0.717) is 16.0 Å². The minimum Gasteiger partial charge on any atom is -0.483 e. The molecule has 2 aromatic rings. The Balaban J connectivity index is 1.68. The third kappa shape index (κ3) is 8.29. The fraction of sp³-hybridized carbons (Fsp3) is 0.167. The van der Waals surface area contributed by atoms with E-state index in [1.807, 2.05) is 19.1 Å². The van der Waals surface area contributed by atoms with Crippen molar-refractivity contribution < 1.29 is 19.1 Å². The Labute approximate surface area is 198 Å². The summed E-state index contributed by atoms with van der Waals surface area (Å²) in [6.45, 7) is 1.41. The standard InChI is InChI=1S/C18H16Br3N3O4S/c1-10-6-11(19)2-4-14(10)27-8-16(25)22-18(29)24-23-17(26)9-28-15-5-3-12(20)7-13(15)21/h2-7H,8-9H2,1H3,(H,23,26)(H2,22,24,25,29). The van der Waals surface area contributed by atoms with E-state index in [2.05, 4.69) is 64.0 Å². The Kier molecular flexibility index (Phi) is 9.34. The van der Waals surface area contributed by atoms with Crippen molar-refractivity contribution in [1.82, 2.24) is 16.2 Å². The van der Waals surface area contributed by atoms with Gasteiger partial charge in [0.05, 0.1) is 4.47 Å². The summed E-state index contributed by atoms with van der Waals surface area (Å²) < 4.78 is 13.4. The van der Waals surface area contributed by atoms with E-state index in [0.717, 1.165) is 14.5 Å². The first-order valence-corrected chi connectivity index (χ1v) is 10.9. The molecule has 0 spiro atoms. The number of aryl methyl sites for hydroxylation is 1. The third-order valence-electron chi connectivity index (χ3n) is 3.32. The second kappa shape index (κ2) is 11.5. The summed E-state index contributed by atoms with van der Waals surface area (Å²) >= 11 is 15.0. The highest BCUT2D eigenvalue weighted by Crippen LogP contribution is 2.28. The highest BCUT2D eigenvalue weighted by molar-refractivity contribution is 9.11. The van der Waals surface area contributed by atoms with Gasteiger partial charge in [0.25, 0.3) is 11.8 Å². The molecule has 0 fully saturated rings. The SMILES string of the molecule is Cc1cc(Br)ccc1OCC(=O)NC(=S)NNC(=O)COc1ccc(Br)cc1Br. The fourth-order valence-corrected chi connectivity index (χ4v) is 3.81. The lowest BCUT2D eigenvalue weighted by Crippen LogP contribution is -2.50. The number of carbonyl (C=O) groups is 2. The van der Waals surface area contributed by atoms with Crippen LogP contribution in [0.15, 0.2) is 49.8 Å². The molecule has 0 aliphatic rings. The quantitative estimate of drug-likeness (QED) is 0.342. The number of halogens is 3. The van der Waals surface area contributed by atoms with Crippen LogP contribution < -0.4 is 25.6 Å². The minimum absolute atomic E-state index is 0.0655. The average molecular weight is 610 g/mol. The van der Waals surface area contributed by atoms with E-state index in [-0.39, 0.29) is 18.3 Å². The van der Waals surface area contributed by atoms with Gasteiger partial charge in [-0.15, -0.1) is 0 Å². The number of hydrogen-bond acceptors (Lipinski definition) is 5. The number of ether oxygens (including phenoxy) is 2. The largest absolute Gasteiger partial charge is 0.483 e. The van der Waals surface area contributed by atoms with Crippen LogP contribution in [0, 0.1) is 6.92 Å². The predicted molar refractivity (Wildman–Crippen MR) is 124 cm³/mol. The summed E-state index contributed by atoms with van der Waals surface area (Å²) in [6, 6.07) is 10.8. The number of carbonyl (C=O) groups excluding carboxylic acids is 2. The second-order valence-corrected chi connectivity index (χ2v) is 8.71. The Morgan fingerprint density at radius 2 is 1.48 bits per heavy atom. The second-order valence-electron chi connectivity index (χ2n) is 5.61. The van der Waals surface area contributed by atoms with Crippen molar-refractivity contribution in [3.05, 3.63) is 55.4 Å². The van der Waals surface area contributed by atoms with Crippen molar-refractivity contribution in [2.45, 2.75) is 6.92 Å². The molecule has 0 aliphatic carbocycles. The fourth-order valence-electron chi connectivity index (χ4n) is 2.01. The molecular formula is C18H16Br3N3O4S. The van der Waals surface area contributed by atoms with Crippen LogP contribution in [0.3, 0.4) is 0 Å². The lowest BCUT2D eigenvalue weighted by Gasteiger charge is -2.13. The van der Waals surface area contributed by atoms with Gasteiger partial charge in [-0.2, -0.15) is 0 Å². The Morgan fingerprint density at radius 1 is 0.897 bits per heavy atom. The van der Waals surface area contributed by atoms with Gasteiger partial charge >= 0.3 is 0 Å². The van der Waals surface area contributed by atoms with Crippen LogP contribution in [0.2, 0.25) is 0 Å². The summed E-state index contributed by atoms with van der Waals surface area (Å²) in [4.78, 5) is 23.7. The molecular weight excluding hydrogens is 594 g/mol. The molecule has 29 heavy (non-hydrogen) atoms. The van der Waals surface area contributed by atoms with Crippen molar-refractivity contribution >= 4 is 76.9 Å². The third-order valence-corrected chi connectivity index (χ3v) is 5.13. The lowest BCUT2D eigenvalue weighted by molar-refractivity contribution is -0.124. The molecule has 0 aliphatic heterocycles. The van der Waals surface area contributed by atoms with Crippen molar-refractivity contribution in [1.29, 1.82) is 0 Å². The molecule has 3 N–H and O–H groups in total. The van der Waals surface area contributed by atoms with Gasteiger partial charge < -0.3 is 9.47 Å². The zero-order valence-electron chi connectivity index (χ0n) is 15.1. The molecule has 0 atom stereocenters. The molecule has 2 rings (SSSR count). The molecule has 11 heteroatoms.